The minimum Gasteiger partial charge on any atom is -0.491 e. The van der Waals surface area contributed by atoms with Gasteiger partial charge in [0.2, 0.25) is 5.16 Å². The van der Waals surface area contributed by atoms with Crippen LogP contribution < -0.4 is 14.8 Å². The van der Waals surface area contributed by atoms with E-state index in [0.29, 0.717) is 29.0 Å². The molecule has 0 saturated heterocycles. The summed E-state index contributed by atoms with van der Waals surface area (Å²) < 4.78 is 12.4. The van der Waals surface area contributed by atoms with Crippen LogP contribution in [-0.2, 0) is 17.6 Å². The summed E-state index contributed by atoms with van der Waals surface area (Å²) in [5.74, 6) is 1.35. The summed E-state index contributed by atoms with van der Waals surface area (Å²) >= 11 is 1.45. The van der Waals surface area contributed by atoms with E-state index in [9.17, 15) is 4.79 Å². The van der Waals surface area contributed by atoms with Crippen LogP contribution in [0.2, 0.25) is 0 Å². The molecular weight excluding hydrogens is 332 g/mol. The number of carbonyl (C=O) groups excluding carboxylic acids is 1. The van der Waals surface area contributed by atoms with Gasteiger partial charge in [0.1, 0.15) is 0 Å². The third-order valence-electron chi connectivity index (χ3n) is 2.97. The van der Waals surface area contributed by atoms with Gasteiger partial charge in [0, 0.05) is 25.4 Å². The van der Waals surface area contributed by atoms with Crippen molar-refractivity contribution >= 4 is 17.7 Å². The second-order valence-corrected chi connectivity index (χ2v) is 5.78. The highest BCUT2D eigenvalue weighted by atomic mass is 32.2. The molecule has 0 unspecified atom stereocenters. The molecule has 9 nitrogen and oxygen atoms in total. The van der Waals surface area contributed by atoms with Crippen LogP contribution in [0.3, 0.4) is 0 Å². The second kappa shape index (κ2) is 9.06. The Morgan fingerprint density at radius 1 is 1.42 bits per heavy atom. The standard InChI is InChI=1S/C14H20N6O3S/c1-4-5-15-13(21)8-23-11-6-10(16-7-12(11)22-3)9-24-14-17-18-19-20(14)2/h6-7H,4-5,8-9H2,1-3H3,(H,15,21). The fraction of sp³-hybridized carbons (Fsp3) is 0.500. The van der Waals surface area contributed by atoms with E-state index in [-0.39, 0.29) is 12.5 Å². The molecule has 2 heterocycles. The summed E-state index contributed by atoms with van der Waals surface area (Å²) in [5, 5.41) is 14.7. The third-order valence-corrected chi connectivity index (χ3v) is 4.01. The van der Waals surface area contributed by atoms with Gasteiger partial charge in [-0.1, -0.05) is 18.7 Å². The van der Waals surface area contributed by atoms with Crippen molar-refractivity contribution in [1.82, 2.24) is 30.5 Å². The van der Waals surface area contributed by atoms with Gasteiger partial charge in [-0.15, -0.1) is 5.10 Å². The molecule has 0 aliphatic heterocycles. The fourth-order valence-electron chi connectivity index (χ4n) is 1.75. The van der Waals surface area contributed by atoms with E-state index in [1.165, 1.54) is 18.9 Å². The van der Waals surface area contributed by atoms with Crippen molar-refractivity contribution in [3.8, 4) is 11.5 Å². The fourth-order valence-corrected chi connectivity index (χ4v) is 2.50. The zero-order chi connectivity index (χ0) is 17.4. The number of carbonyl (C=O) groups is 1. The summed E-state index contributed by atoms with van der Waals surface area (Å²) in [7, 11) is 3.30. The van der Waals surface area contributed by atoms with Gasteiger partial charge in [-0.3, -0.25) is 9.78 Å². The molecular formula is C14H20N6O3S. The molecule has 0 aliphatic rings. The first-order valence-corrected chi connectivity index (χ1v) is 8.40. The molecule has 2 aromatic rings. The van der Waals surface area contributed by atoms with E-state index in [0.717, 1.165) is 12.1 Å². The van der Waals surface area contributed by atoms with Crippen molar-refractivity contribution in [3.05, 3.63) is 18.0 Å². The largest absolute Gasteiger partial charge is 0.491 e. The van der Waals surface area contributed by atoms with Crippen LogP contribution >= 0.6 is 11.8 Å². The number of tetrazole rings is 1. The van der Waals surface area contributed by atoms with E-state index in [4.69, 9.17) is 9.47 Å². The average molecular weight is 352 g/mol. The van der Waals surface area contributed by atoms with Crippen LogP contribution in [0.4, 0.5) is 0 Å². The molecule has 0 fully saturated rings. The first-order chi connectivity index (χ1) is 11.6. The van der Waals surface area contributed by atoms with Gasteiger partial charge in [0.15, 0.2) is 18.1 Å². The van der Waals surface area contributed by atoms with Crippen LogP contribution in [0, 0.1) is 0 Å². The number of thioether (sulfide) groups is 1. The lowest BCUT2D eigenvalue weighted by atomic mass is 10.3. The summed E-state index contributed by atoms with van der Waals surface area (Å²) in [6.45, 7) is 2.55. The van der Waals surface area contributed by atoms with E-state index < -0.39 is 0 Å². The highest BCUT2D eigenvalue weighted by molar-refractivity contribution is 7.98. The van der Waals surface area contributed by atoms with Crippen LogP contribution in [0.5, 0.6) is 11.5 Å². The first kappa shape index (κ1) is 18.0. The second-order valence-electron chi connectivity index (χ2n) is 4.84. The number of rotatable bonds is 9. The lowest BCUT2D eigenvalue weighted by Crippen LogP contribution is -2.29. The topological polar surface area (TPSA) is 104 Å². The van der Waals surface area contributed by atoms with Crippen molar-refractivity contribution in [2.45, 2.75) is 24.3 Å². The number of hydrogen-bond donors (Lipinski definition) is 1. The molecule has 0 atom stereocenters. The van der Waals surface area contributed by atoms with Crippen molar-refractivity contribution < 1.29 is 14.3 Å². The third kappa shape index (κ3) is 5.08. The summed E-state index contributed by atoms with van der Waals surface area (Å²) in [6.07, 6.45) is 2.45. The van der Waals surface area contributed by atoms with Gasteiger partial charge in [-0.25, -0.2) is 4.68 Å². The average Bonchev–Trinajstić information content (AvgIpc) is 3.01. The highest BCUT2D eigenvalue weighted by Gasteiger charge is 2.11. The van der Waals surface area contributed by atoms with Gasteiger partial charge in [-0.2, -0.15) is 0 Å². The van der Waals surface area contributed by atoms with Gasteiger partial charge in [-0.05, 0) is 16.8 Å². The Balaban J connectivity index is 1.98. The number of hydrogen-bond acceptors (Lipinski definition) is 8. The van der Waals surface area contributed by atoms with Crippen molar-refractivity contribution in [2.24, 2.45) is 7.05 Å². The summed E-state index contributed by atoms with van der Waals surface area (Å²) in [4.78, 5) is 16.0. The number of ether oxygens (including phenoxy) is 2. The molecule has 0 radical (unpaired) electrons. The molecule has 0 aromatic carbocycles. The highest BCUT2D eigenvalue weighted by Crippen LogP contribution is 2.28. The number of nitrogens with zero attached hydrogens (tertiary/aromatic N) is 5. The van der Waals surface area contributed by atoms with Crippen molar-refractivity contribution in [2.75, 3.05) is 20.3 Å². The molecule has 0 spiro atoms. The number of amides is 1. The van der Waals surface area contributed by atoms with Gasteiger partial charge in [0.05, 0.1) is 19.0 Å². The maximum Gasteiger partial charge on any atom is 0.257 e. The Morgan fingerprint density at radius 2 is 2.25 bits per heavy atom. The monoisotopic (exact) mass is 352 g/mol. The molecule has 2 aromatic heterocycles. The molecule has 24 heavy (non-hydrogen) atoms. The maximum absolute atomic E-state index is 11.7. The Hall–Kier alpha value is -2.36. The zero-order valence-corrected chi connectivity index (χ0v) is 14.7. The summed E-state index contributed by atoms with van der Waals surface area (Å²) in [5.41, 5.74) is 0.771. The van der Waals surface area contributed by atoms with Gasteiger partial charge >= 0.3 is 0 Å². The number of aromatic nitrogens is 5. The number of pyridine rings is 1. The van der Waals surface area contributed by atoms with Crippen LogP contribution in [0.15, 0.2) is 17.4 Å². The predicted molar refractivity (Wildman–Crippen MR) is 87.9 cm³/mol. The SMILES string of the molecule is CCCNC(=O)COc1cc(CSc2nnnn2C)ncc1OC. The van der Waals surface area contributed by atoms with Crippen LogP contribution in [0.1, 0.15) is 19.0 Å². The molecule has 2 rings (SSSR count). The van der Waals surface area contributed by atoms with E-state index >= 15 is 0 Å². The van der Waals surface area contributed by atoms with Crippen LogP contribution in [-0.4, -0.2) is 51.4 Å². The van der Waals surface area contributed by atoms with E-state index in [1.807, 2.05) is 6.92 Å². The quantitative estimate of drug-likeness (QED) is 0.661. The smallest absolute Gasteiger partial charge is 0.257 e. The normalized spacial score (nSPS) is 10.5. The Morgan fingerprint density at radius 3 is 2.92 bits per heavy atom. The first-order valence-electron chi connectivity index (χ1n) is 7.41. The molecule has 1 amide bonds. The Labute approximate surface area is 144 Å². The van der Waals surface area contributed by atoms with Gasteiger partial charge < -0.3 is 14.8 Å². The van der Waals surface area contributed by atoms with Gasteiger partial charge in [0.25, 0.3) is 5.91 Å². The number of nitrogens with one attached hydrogen (secondary N) is 1. The summed E-state index contributed by atoms with van der Waals surface area (Å²) in [6, 6.07) is 1.75. The number of methoxy groups -OCH3 is 1. The molecule has 0 saturated carbocycles. The Bertz CT molecular complexity index is 678. The zero-order valence-electron chi connectivity index (χ0n) is 13.9. The Kier molecular flexibility index (Phi) is 6.79. The minimum atomic E-state index is -0.170. The lowest BCUT2D eigenvalue weighted by Gasteiger charge is -2.11. The minimum absolute atomic E-state index is 0.0693. The molecule has 0 bridgehead atoms. The molecule has 130 valence electrons. The molecule has 0 aliphatic carbocycles. The maximum atomic E-state index is 11.7. The molecule has 1 N–H and O–H groups in total. The lowest BCUT2D eigenvalue weighted by molar-refractivity contribution is -0.123. The predicted octanol–water partition coefficient (Wildman–Crippen LogP) is 0.811. The van der Waals surface area contributed by atoms with Crippen LogP contribution in [0.25, 0.3) is 0 Å². The van der Waals surface area contributed by atoms with E-state index in [1.54, 1.807) is 24.0 Å². The number of aryl methyl sites for hydroxylation is 1. The van der Waals surface area contributed by atoms with E-state index in [2.05, 4.69) is 25.8 Å². The van der Waals surface area contributed by atoms with Crippen molar-refractivity contribution in [1.29, 1.82) is 0 Å². The molecule has 10 heteroatoms. The van der Waals surface area contributed by atoms with Crippen molar-refractivity contribution in [3.63, 3.8) is 0 Å².